The standard InChI is InChI=1S/C16H21NO3/c1-12(13-5-3-2-4-6-13)11-15(18)17-9-7-14(8-10-17)16(19)20/h2-6,12,14H,7-11H2,1H3,(H,19,20). The van der Waals surface area contributed by atoms with Gasteiger partial charge >= 0.3 is 5.97 Å². The second kappa shape index (κ2) is 6.55. The Balaban J connectivity index is 1.85. The van der Waals surface area contributed by atoms with Gasteiger partial charge in [-0.2, -0.15) is 0 Å². The zero-order valence-electron chi connectivity index (χ0n) is 11.8. The van der Waals surface area contributed by atoms with Gasteiger partial charge in [-0.25, -0.2) is 0 Å². The quantitative estimate of drug-likeness (QED) is 0.918. The summed E-state index contributed by atoms with van der Waals surface area (Å²) in [5.41, 5.74) is 1.17. The van der Waals surface area contributed by atoms with Crippen LogP contribution >= 0.6 is 0 Å². The molecule has 108 valence electrons. The van der Waals surface area contributed by atoms with Crippen LogP contribution in [-0.2, 0) is 9.59 Å². The molecule has 1 aromatic rings. The molecule has 1 aliphatic heterocycles. The second-order valence-corrected chi connectivity index (χ2v) is 5.51. The molecule has 1 amide bonds. The van der Waals surface area contributed by atoms with Gasteiger partial charge in [0.2, 0.25) is 5.91 Å². The van der Waals surface area contributed by atoms with E-state index in [0.717, 1.165) is 0 Å². The van der Waals surface area contributed by atoms with E-state index in [1.807, 2.05) is 30.3 Å². The zero-order chi connectivity index (χ0) is 14.5. The number of carbonyl (C=O) groups excluding carboxylic acids is 1. The Kier molecular flexibility index (Phi) is 4.77. The summed E-state index contributed by atoms with van der Waals surface area (Å²) in [5.74, 6) is -0.702. The number of likely N-dealkylation sites (tertiary alicyclic amines) is 1. The van der Waals surface area contributed by atoms with E-state index < -0.39 is 5.97 Å². The van der Waals surface area contributed by atoms with E-state index in [9.17, 15) is 9.59 Å². The Morgan fingerprint density at radius 1 is 1.25 bits per heavy atom. The molecule has 4 nitrogen and oxygen atoms in total. The maximum atomic E-state index is 12.2. The normalized spacial score (nSPS) is 17.8. The highest BCUT2D eigenvalue weighted by Gasteiger charge is 2.27. The lowest BCUT2D eigenvalue weighted by atomic mass is 9.94. The Bertz CT molecular complexity index is 464. The Hall–Kier alpha value is -1.84. The van der Waals surface area contributed by atoms with Gasteiger partial charge in [-0.1, -0.05) is 37.3 Å². The van der Waals surface area contributed by atoms with Crippen molar-refractivity contribution in [2.45, 2.75) is 32.1 Å². The van der Waals surface area contributed by atoms with Gasteiger partial charge < -0.3 is 10.0 Å². The van der Waals surface area contributed by atoms with Crippen molar-refractivity contribution in [3.8, 4) is 0 Å². The molecule has 1 unspecified atom stereocenters. The van der Waals surface area contributed by atoms with E-state index in [2.05, 4.69) is 6.92 Å². The molecule has 1 aromatic carbocycles. The van der Waals surface area contributed by atoms with Gasteiger partial charge in [0.1, 0.15) is 0 Å². The third-order valence-electron chi connectivity index (χ3n) is 4.05. The van der Waals surface area contributed by atoms with E-state index in [4.69, 9.17) is 5.11 Å². The SMILES string of the molecule is CC(CC(=O)N1CCC(C(=O)O)CC1)c1ccccc1. The molecule has 1 N–H and O–H groups in total. The molecule has 0 bridgehead atoms. The molecule has 0 aliphatic carbocycles. The van der Waals surface area contributed by atoms with Crippen LogP contribution in [0.25, 0.3) is 0 Å². The molecule has 1 saturated heterocycles. The summed E-state index contributed by atoms with van der Waals surface area (Å²) < 4.78 is 0. The van der Waals surface area contributed by atoms with E-state index in [1.54, 1.807) is 4.90 Å². The minimum atomic E-state index is -0.741. The van der Waals surface area contributed by atoms with Crippen LogP contribution in [0.5, 0.6) is 0 Å². The predicted octanol–water partition coefficient (Wildman–Crippen LogP) is 2.50. The number of carboxylic acid groups (broad SMARTS) is 1. The number of nitrogens with zero attached hydrogens (tertiary/aromatic N) is 1. The average Bonchev–Trinajstić information content (AvgIpc) is 2.48. The first-order valence-electron chi connectivity index (χ1n) is 7.13. The molecule has 0 saturated carbocycles. The highest BCUT2D eigenvalue weighted by atomic mass is 16.4. The van der Waals surface area contributed by atoms with Crippen LogP contribution in [0.15, 0.2) is 30.3 Å². The Morgan fingerprint density at radius 2 is 1.85 bits per heavy atom. The number of benzene rings is 1. The van der Waals surface area contributed by atoms with Crippen LogP contribution in [0.2, 0.25) is 0 Å². The number of carboxylic acids is 1. The first kappa shape index (κ1) is 14.6. The van der Waals surface area contributed by atoms with Crippen LogP contribution in [-0.4, -0.2) is 35.0 Å². The lowest BCUT2D eigenvalue weighted by Crippen LogP contribution is -2.40. The number of piperidine rings is 1. The van der Waals surface area contributed by atoms with Crippen LogP contribution in [0.3, 0.4) is 0 Å². The van der Waals surface area contributed by atoms with Crippen LogP contribution in [0, 0.1) is 5.92 Å². The van der Waals surface area contributed by atoms with Crippen molar-refractivity contribution >= 4 is 11.9 Å². The summed E-state index contributed by atoms with van der Waals surface area (Å²) in [6.45, 7) is 3.19. The summed E-state index contributed by atoms with van der Waals surface area (Å²) in [5, 5.41) is 8.95. The fraction of sp³-hybridized carbons (Fsp3) is 0.500. The van der Waals surface area contributed by atoms with E-state index in [1.165, 1.54) is 5.56 Å². The van der Waals surface area contributed by atoms with E-state index >= 15 is 0 Å². The molecule has 1 fully saturated rings. The van der Waals surface area contributed by atoms with E-state index in [-0.39, 0.29) is 17.7 Å². The topological polar surface area (TPSA) is 57.6 Å². The van der Waals surface area contributed by atoms with Crippen molar-refractivity contribution in [2.24, 2.45) is 5.92 Å². The number of hydrogen-bond donors (Lipinski definition) is 1. The lowest BCUT2D eigenvalue weighted by Gasteiger charge is -2.31. The lowest BCUT2D eigenvalue weighted by molar-refractivity contribution is -0.145. The van der Waals surface area contributed by atoms with Gasteiger partial charge in [-0.05, 0) is 24.3 Å². The van der Waals surface area contributed by atoms with Gasteiger partial charge in [0.05, 0.1) is 5.92 Å². The van der Waals surface area contributed by atoms with Crippen molar-refractivity contribution in [3.63, 3.8) is 0 Å². The molecule has 20 heavy (non-hydrogen) atoms. The summed E-state index contributed by atoms with van der Waals surface area (Å²) in [4.78, 5) is 24.9. The van der Waals surface area contributed by atoms with Crippen molar-refractivity contribution in [1.82, 2.24) is 4.90 Å². The fourth-order valence-corrected chi connectivity index (χ4v) is 2.67. The largest absolute Gasteiger partial charge is 0.481 e. The van der Waals surface area contributed by atoms with E-state index in [0.29, 0.717) is 32.4 Å². The molecule has 1 atom stereocenters. The first-order valence-corrected chi connectivity index (χ1v) is 7.13. The molecule has 2 rings (SSSR count). The number of hydrogen-bond acceptors (Lipinski definition) is 2. The summed E-state index contributed by atoms with van der Waals surface area (Å²) in [7, 11) is 0. The van der Waals surface area contributed by atoms with Crippen LogP contribution < -0.4 is 0 Å². The Morgan fingerprint density at radius 3 is 2.40 bits per heavy atom. The van der Waals surface area contributed by atoms with Gasteiger partial charge in [0, 0.05) is 19.5 Å². The van der Waals surface area contributed by atoms with Crippen molar-refractivity contribution in [1.29, 1.82) is 0 Å². The average molecular weight is 275 g/mol. The third kappa shape index (κ3) is 3.59. The Labute approximate surface area is 119 Å². The molecule has 0 aromatic heterocycles. The van der Waals surface area contributed by atoms with Crippen molar-refractivity contribution in [3.05, 3.63) is 35.9 Å². The smallest absolute Gasteiger partial charge is 0.306 e. The van der Waals surface area contributed by atoms with Gasteiger partial charge in [0.25, 0.3) is 0 Å². The molecule has 1 heterocycles. The second-order valence-electron chi connectivity index (χ2n) is 5.51. The monoisotopic (exact) mass is 275 g/mol. The summed E-state index contributed by atoms with van der Waals surface area (Å²) >= 11 is 0. The number of rotatable bonds is 4. The number of aliphatic carboxylic acids is 1. The zero-order valence-corrected chi connectivity index (χ0v) is 11.8. The third-order valence-corrected chi connectivity index (χ3v) is 4.05. The summed E-state index contributed by atoms with van der Waals surface area (Å²) in [6, 6.07) is 10.0. The molecule has 1 aliphatic rings. The predicted molar refractivity (Wildman–Crippen MR) is 76.4 cm³/mol. The van der Waals surface area contributed by atoms with Gasteiger partial charge in [0.15, 0.2) is 0 Å². The van der Waals surface area contributed by atoms with Gasteiger partial charge in [-0.15, -0.1) is 0 Å². The summed E-state index contributed by atoms with van der Waals surface area (Å²) in [6.07, 6.45) is 1.63. The van der Waals surface area contributed by atoms with Crippen LogP contribution in [0.4, 0.5) is 0 Å². The molecule has 0 radical (unpaired) electrons. The highest BCUT2D eigenvalue weighted by molar-refractivity contribution is 5.77. The highest BCUT2D eigenvalue weighted by Crippen LogP contribution is 2.22. The maximum absolute atomic E-state index is 12.2. The van der Waals surface area contributed by atoms with Gasteiger partial charge in [-0.3, -0.25) is 9.59 Å². The molecular weight excluding hydrogens is 254 g/mol. The minimum absolute atomic E-state index is 0.130. The number of carbonyl (C=O) groups is 2. The van der Waals surface area contributed by atoms with Crippen molar-refractivity contribution < 1.29 is 14.7 Å². The molecular formula is C16H21NO3. The minimum Gasteiger partial charge on any atom is -0.481 e. The maximum Gasteiger partial charge on any atom is 0.306 e. The molecule has 0 spiro atoms. The van der Waals surface area contributed by atoms with Crippen LogP contribution in [0.1, 0.15) is 37.7 Å². The molecule has 4 heteroatoms. The van der Waals surface area contributed by atoms with Crippen molar-refractivity contribution in [2.75, 3.05) is 13.1 Å². The number of amides is 1. The first-order chi connectivity index (χ1) is 9.58. The fourth-order valence-electron chi connectivity index (χ4n) is 2.67.